The van der Waals surface area contributed by atoms with E-state index < -0.39 is 12.0 Å². The van der Waals surface area contributed by atoms with Crippen molar-refractivity contribution in [2.75, 3.05) is 6.54 Å². The van der Waals surface area contributed by atoms with Gasteiger partial charge in [0.05, 0.1) is 12.1 Å². The van der Waals surface area contributed by atoms with Gasteiger partial charge in [0.2, 0.25) is 5.91 Å². The quantitative estimate of drug-likeness (QED) is 0.891. The van der Waals surface area contributed by atoms with Crippen LogP contribution in [0.5, 0.6) is 0 Å². The maximum atomic E-state index is 12.3. The highest BCUT2D eigenvalue weighted by molar-refractivity contribution is 5.85. The first-order chi connectivity index (χ1) is 9.00. The van der Waals surface area contributed by atoms with Crippen LogP contribution in [0, 0.1) is 13.8 Å². The summed E-state index contributed by atoms with van der Waals surface area (Å²) in [6.45, 7) is 4.05. The van der Waals surface area contributed by atoms with Gasteiger partial charge in [-0.2, -0.15) is 0 Å². The van der Waals surface area contributed by atoms with Crippen molar-refractivity contribution in [1.82, 2.24) is 10.1 Å². The number of aliphatic carboxylic acids is 1. The van der Waals surface area contributed by atoms with Gasteiger partial charge in [-0.25, -0.2) is 4.79 Å². The van der Waals surface area contributed by atoms with Crippen molar-refractivity contribution in [3.05, 3.63) is 17.0 Å². The minimum Gasteiger partial charge on any atom is -0.480 e. The zero-order valence-electron chi connectivity index (χ0n) is 11.2. The van der Waals surface area contributed by atoms with E-state index in [1.54, 1.807) is 13.8 Å². The Hall–Kier alpha value is -1.85. The molecule has 0 bridgehead atoms. The molecule has 0 radical (unpaired) electrons. The molecule has 1 aliphatic rings. The molecule has 1 fully saturated rings. The van der Waals surface area contributed by atoms with Crippen LogP contribution in [0.15, 0.2) is 4.52 Å². The van der Waals surface area contributed by atoms with Crippen LogP contribution >= 0.6 is 0 Å². The number of rotatable bonds is 3. The fourth-order valence-electron chi connectivity index (χ4n) is 2.49. The molecule has 0 aromatic carbocycles. The van der Waals surface area contributed by atoms with E-state index >= 15 is 0 Å². The van der Waals surface area contributed by atoms with E-state index in [1.807, 2.05) is 0 Å². The van der Waals surface area contributed by atoms with Gasteiger partial charge in [-0.3, -0.25) is 4.79 Å². The third-order valence-corrected chi connectivity index (χ3v) is 3.62. The molecule has 1 aliphatic heterocycles. The first-order valence-corrected chi connectivity index (χ1v) is 6.44. The standard InChI is InChI=1S/C13H18N2O4/c1-8-10(9(2)19-14-8)7-12(16)15-6-4-3-5-11(15)13(17)18/h11H,3-7H2,1-2H3,(H,17,18). The molecule has 0 spiro atoms. The van der Waals surface area contributed by atoms with Crippen LogP contribution in [-0.4, -0.2) is 39.6 Å². The SMILES string of the molecule is Cc1noc(C)c1CC(=O)N1CCCCC1C(=O)O. The molecule has 1 amide bonds. The zero-order chi connectivity index (χ0) is 14.0. The number of carbonyl (C=O) groups excluding carboxylic acids is 1. The van der Waals surface area contributed by atoms with Crippen LogP contribution < -0.4 is 0 Å². The average Bonchev–Trinajstić information content (AvgIpc) is 2.70. The lowest BCUT2D eigenvalue weighted by Gasteiger charge is -2.33. The lowest BCUT2D eigenvalue weighted by atomic mass is 10.0. The monoisotopic (exact) mass is 266 g/mol. The highest BCUT2D eigenvalue weighted by atomic mass is 16.5. The van der Waals surface area contributed by atoms with Crippen LogP contribution in [-0.2, 0) is 16.0 Å². The molecule has 6 heteroatoms. The van der Waals surface area contributed by atoms with E-state index in [9.17, 15) is 9.59 Å². The van der Waals surface area contributed by atoms with Gasteiger partial charge < -0.3 is 14.5 Å². The summed E-state index contributed by atoms with van der Waals surface area (Å²) in [5.74, 6) is -0.469. The molecule has 104 valence electrons. The van der Waals surface area contributed by atoms with Gasteiger partial charge in [-0.05, 0) is 33.1 Å². The van der Waals surface area contributed by atoms with Gasteiger partial charge in [-0.15, -0.1) is 0 Å². The largest absolute Gasteiger partial charge is 0.480 e. The fourth-order valence-corrected chi connectivity index (χ4v) is 2.49. The molecule has 1 aromatic heterocycles. The van der Waals surface area contributed by atoms with Crippen molar-refractivity contribution in [3.8, 4) is 0 Å². The zero-order valence-corrected chi connectivity index (χ0v) is 11.2. The van der Waals surface area contributed by atoms with E-state index in [4.69, 9.17) is 9.63 Å². The summed E-state index contributed by atoms with van der Waals surface area (Å²) in [5, 5.41) is 13.0. The maximum absolute atomic E-state index is 12.3. The Morgan fingerprint density at radius 2 is 2.16 bits per heavy atom. The molecular formula is C13H18N2O4. The second kappa shape index (κ2) is 5.42. The average molecular weight is 266 g/mol. The van der Waals surface area contributed by atoms with Crippen LogP contribution in [0.1, 0.15) is 36.3 Å². The lowest BCUT2D eigenvalue weighted by Crippen LogP contribution is -2.48. The molecule has 2 heterocycles. The first-order valence-electron chi connectivity index (χ1n) is 6.44. The summed E-state index contributed by atoms with van der Waals surface area (Å²) in [5.41, 5.74) is 1.45. The molecule has 0 aliphatic carbocycles. The van der Waals surface area contributed by atoms with Crippen LogP contribution in [0.25, 0.3) is 0 Å². The number of carboxylic acid groups (broad SMARTS) is 1. The Morgan fingerprint density at radius 1 is 1.42 bits per heavy atom. The van der Waals surface area contributed by atoms with Crippen LogP contribution in [0.2, 0.25) is 0 Å². The maximum Gasteiger partial charge on any atom is 0.326 e. The molecule has 1 atom stereocenters. The van der Waals surface area contributed by atoms with Gasteiger partial charge in [0.15, 0.2) is 0 Å². The number of carboxylic acids is 1. The predicted molar refractivity (Wildman–Crippen MR) is 66.7 cm³/mol. The van der Waals surface area contributed by atoms with Gasteiger partial charge in [0, 0.05) is 12.1 Å². The number of aryl methyl sites for hydroxylation is 2. The number of amides is 1. The number of likely N-dealkylation sites (tertiary alicyclic amines) is 1. The Balaban J connectivity index is 2.12. The minimum absolute atomic E-state index is 0.158. The van der Waals surface area contributed by atoms with E-state index in [0.717, 1.165) is 18.4 Å². The van der Waals surface area contributed by atoms with E-state index in [2.05, 4.69) is 5.16 Å². The van der Waals surface area contributed by atoms with E-state index in [1.165, 1.54) is 4.90 Å². The lowest BCUT2D eigenvalue weighted by molar-refractivity contribution is -0.151. The Bertz CT molecular complexity index is 475. The smallest absolute Gasteiger partial charge is 0.326 e. The minimum atomic E-state index is -0.924. The third-order valence-electron chi connectivity index (χ3n) is 3.62. The molecule has 6 nitrogen and oxygen atoms in total. The summed E-state index contributed by atoms with van der Waals surface area (Å²) in [6.07, 6.45) is 2.40. The number of aromatic nitrogens is 1. The Kier molecular flexibility index (Phi) is 3.87. The number of piperidine rings is 1. The van der Waals surface area contributed by atoms with Crippen molar-refractivity contribution in [2.24, 2.45) is 0 Å². The molecule has 2 rings (SSSR count). The molecular weight excluding hydrogens is 248 g/mol. The number of nitrogens with zero attached hydrogens (tertiary/aromatic N) is 2. The number of hydrogen-bond acceptors (Lipinski definition) is 4. The number of carbonyl (C=O) groups is 2. The second-order valence-corrected chi connectivity index (χ2v) is 4.92. The van der Waals surface area contributed by atoms with Gasteiger partial charge in [-0.1, -0.05) is 5.16 Å². The summed E-state index contributed by atoms with van der Waals surface area (Å²) in [6, 6.07) is -0.693. The van der Waals surface area contributed by atoms with Crippen molar-refractivity contribution in [3.63, 3.8) is 0 Å². The highest BCUT2D eigenvalue weighted by Crippen LogP contribution is 2.20. The van der Waals surface area contributed by atoms with Crippen molar-refractivity contribution < 1.29 is 19.2 Å². The molecule has 19 heavy (non-hydrogen) atoms. The molecule has 1 aromatic rings. The van der Waals surface area contributed by atoms with Gasteiger partial charge in [0.25, 0.3) is 0 Å². The highest BCUT2D eigenvalue weighted by Gasteiger charge is 2.32. The summed E-state index contributed by atoms with van der Waals surface area (Å²) in [7, 11) is 0. The van der Waals surface area contributed by atoms with Crippen molar-refractivity contribution in [2.45, 2.75) is 45.6 Å². The van der Waals surface area contributed by atoms with E-state index in [-0.39, 0.29) is 12.3 Å². The van der Waals surface area contributed by atoms with E-state index in [0.29, 0.717) is 24.4 Å². The van der Waals surface area contributed by atoms with Crippen LogP contribution in [0.4, 0.5) is 0 Å². The Morgan fingerprint density at radius 3 is 2.74 bits per heavy atom. The third kappa shape index (κ3) is 2.77. The normalized spacial score (nSPS) is 19.5. The summed E-state index contributed by atoms with van der Waals surface area (Å²) in [4.78, 5) is 24.9. The molecule has 1 unspecified atom stereocenters. The molecule has 1 saturated heterocycles. The topological polar surface area (TPSA) is 83.6 Å². The summed E-state index contributed by atoms with van der Waals surface area (Å²) < 4.78 is 5.02. The molecule has 1 N–H and O–H groups in total. The fraction of sp³-hybridized carbons (Fsp3) is 0.615. The Labute approximate surface area is 111 Å². The van der Waals surface area contributed by atoms with Crippen LogP contribution in [0.3, 0.4) is 0 Å². The van der Waals surface area contributed by atoms with Crippen molar-refractivity contribution in [1.29, 1.82) is 0 Å². The van der Waals surface area contributed by atoms with Crippen molar-refractivity contribution >= 4 is 11.9 Å². The van der Waals surface area contributed by atoms with Gasteiger partial charge in [0.1, 0.15) is 11.8 Å². The predicted octanol–water partition coefficient (Wildman–Crippen LogP) is 1.30. The van der Waals surface area contributed by atoms with Gasteiger partial charge >= 0.3 is 5.97 Å². The summed E-state index contributed by atoms with van der Waals surface area (Å²) >= 11 is 0. The first kappa shape index (κ1) is 13.6. The molecule has 0 saturated carbocycles. The number of hydrogen-bond donors (Lipinski definition) is 1. The second-order valence-electron chi connectivity index (χ2n) is 4.92.